The molecule has 1 saturated carbocycles. The van der Waals surface area contributed by atoms with Gasteiger partial charge >= 0.3 is 6.09 Å². The number of hydrogen-bond acceptors (Lipinski definition) is 9. The summed E-state index contributed by atoms with van der Waals surface area (Å²) in [4.78, 5) is 45.8. The average molecular weight is 689 g/mol. The number of amides is 2. The van der Waals surface area contributed by atoms with E-state index >= 15 is 0 Å². The molecule has 1 saturated heterocycles. The quantitative estimate of drug-likeness (QED) is 0.243. The second-order valence-electron chi connectivity index (χ2n) is 15.7. The van der Waals surface area contributed by atoms with Crippen LogP contribution in [0.5, 0.6) is 17.2 Å². The minimum absolute atomic E-state index is 0.0549. The van der Waals surface area contributed by atoms with Crippen molar-refractivity contribution in [2.45, 2.75) is 111 Å². The van der Waals surface area contributed by atoms with Crippen LogP contribution in [-0.4, -0.2) is 80.2 Å². The van der Waals surface area contributed by atoms with E-state index in [1.807, 2.05) is 45.6 Å². The van der Waals surface area contributed by atoms with E-state index in [2.05, 4.69) is 33.7 Å². The Morgan fingerprint density at radius 2 is 1.76 bits per heavy atom. The Kier molecular flexibility index (Phi) is 9.92. The first kappa shape index (κ1) is 35.3. The fraction of sp³-hybridized carbons (Fsp3) is 0.553. The van der Waals surface area contributed by atoms with Crippen LogP contribution < -0.4 is 14.4 Å². The van der Waals surface area contributed by atoms with Gasteiger partial charge in [-0.3, -0.25) is 9.78 Å². The van der Waals surface area contributed by atoms with Crippen LogP contribution in [0.3, 0.4) is 0 Å². The van der Waals surface area contributed by atoms with E-state index in [9.17, 15) is 14.0 Å². The van der Waals surface area contributed by atoms with Gasteiger partial charge in [0, 0.05) is 62.7 Å². The molecular formula is C38H49FN6O5. The number of ether oxygens (including phenoxy) is 3. The maximum absolute atomic E-state index is 14.6. The van der Waals surface area contributed by atoms with Gasteiger partial charge in [-0.25, -0.2) is 19.2 Å². The molecule has 0 atom stereocenters. The van der Waals surface area contributed by atoms with Crippen LogP contribution in [0.1, 0.15) is 95.8 Å². The largest absolute Gasteiger partial charge is 0.490 e. The molecule has 0 N–H and O–H groups in total. The molecule has 50 heavy (non-hydrogen) atoms. The van der Waals surface area contributed by atoms with Crippen molar-refractivity contribution in [3.05, 3.63) is 65.6 Å². The van der Waals surface area contributed by atoms with Crippen molar-refractivity contribution in [2.75, 3.05) is 24.5 Å². The zero-order valence-electron chi connectivity index (χ0n) is 30.2. The van der Waals surface area contributed by atoms with Crippen LogP contribution >= 0.6 is 0 Å². The molecule has 268 valence electrons. The standard InChI is InChI=1S/C38H49FN6O5/c1-24(2)45(26-19-38(6,7)20-26)35(46)28-18-25(39)8-9-31(28)49-33-21-40-23-42-34(33)43-15-11-27(12-16-43)48-32-10-14-41-30-13-17-44(22-29(30)32)36(47)50-37(3,4)5/h8-10,14,18,21,23-24,26-27H,11-13,15-17,19-20,22H2,1-7H3. The number of benzene rings is 1. The number of rotatable bonds is 8. The number of pyridine rings is 1. The fourth-order valence-electron chi connectivity index (χ4n) is 7.24. The number of fused-ring (bicyclic) bond motifs is 1. The summed E-state index contributed by atoms with van der Waals surface area (Å²) in [5, 5.41) is 0. The Morgan fingerprint density at radius 1 is 1.02 bits per heavy atom. The Balaban J connectivity index is 1.13. The minimum Gasteiger partial charge on any atom is -0.490 e. The summed E-state index contributed by atoms with van der Waals surface area (Å²) in [6.07, 6.45) is 8.29. The van der Waals surface area contributed by atoms with Gasteiger partial charge in [-0.1, -0.05) is 13.8 Å². The third kappa shape index (κ3) is 7.94. The normalized spacial score (nSPS) is 17.9. The molecule has 0 spiro atoms. The predicted octanol–water partition coefficient (Wildman–Crippen LogP) is 7.18. The van der Waals surface area contributed by atoms with Crippen LogP contribution in [-0.2, 0) is 17.7 Å². The van der Waals surface area contributed by atoms with Gasteiger partial charge in [-0.15, -0.1) is 0 Å². The average Bonchev–Trinajstić information content (AvgIpc) is 3.04. The maximum Gasteiger partial charge on any atom is 0.410 e. The minimum atomic E-state index is -0.574. The van der Waals surface area contributed by atoms with Gasteiger partial charge in [0.05, 0.1) is 24.0 Å². The highest BCUT2D eigenvalue weighted by Crippen LogP contribution is 2.44. The molecule has 1 aromatic carbocycles. The van der Waals surface area contributed by atoms with Crippen molar-refractivity contribution in [3.8, 4) is 17.2 Å². The fourth-order valence-corrected chi connectivity index (χ4v) is 7.24. The number of nitrogens with zero attached hydrogens (tertiary/aromatic N) is 6. The van der Waals surface area contributed by atoms with Crippen LogP contribution in [0.2, 0.25) is 0 Å². The monoisotopic (exact) mass is 688 g/mol. The van der Waals surface area contributed by atoms with Gasteiger partial charge in [0.2, 0.25) is 0 Å². The number of carbonyl (C=O) groups is 2. The first-order valence-electron chi connectivity index (χ1n) is 17.6. The topological polar surface area (TPSA) is 110 Å². The van der Waals surface area contributed by atoms with E-state index < -0.39 is 11.4 Å². The molecule has 2 fully saturated rings. The Hall–Kier alpha value is -4.48. The van der Waals surface area contributed by atoms with Crippen molar-refractivity contribution in [2.24, 2.45) is 5.41 Å². The predicted molar refractivity (Wildman–Crippen MR) is 187 cm³/mol. The highest BCUT2D eigenvalue weighted by atomic mass is 19.1. The van der Waals surface area contributed by atoms with Crippen molar-refractivity contribution >= 4 is 17.8 Å². The summed E-state index contributed by atoms with van der Waals surface area (Å²) >= 11 is 0. The Bertz CT molecular complexity index is 1710. The van der Waals surface area contributed by atoms with Gasteiger partial charge in [-0.05, 0) is 77.1 Å². The molecule has 3 aliphatic rings. The van der Waals surface area contributed by atoms with Crippen molar-refractivity contribution in [1.82, 2.24) is 24.8 Å². The lowest BCUT2D eigenvalue weighted by Gasteiger charge is -2.49. The van der Waals surface area contributed by atoms with Gasteiger partial charge < -0.3 is 28.9 Å². The molecule has 11 nitrogen and oxygen atoms in total. The van der Waals surface area contributed by atoms with E-state index in [1.54, 1.807) is 17.3 Å². The number of carbonyl (C=O) groups excluding carboxylic acids is 2. The third-order valence-electron chi connectivity index (χ3n) is 9.57. The van der Waals surface area contributed by atoms with Crippen LogP contribution in [0, 0.1) is 11.2 Å². The van der Waals surface area contributed by atoms with E-state index in [0.29, 0.717) is 44.2 Å². The smallest absolute Gasteiger partial charge is 0.410 e. The summed E-state index contributed by atoms with van der Waals surface area (Å²) < 4.78 is 33.1. The molecule has 0 radical (unpaired) electrons. The van der Waals surface area contributed by atoms with Gasteiger partial charge in [0.25, 0.3) is 5.91 Å². The van der Waals surface area contributed by atoms with E-state index in [0.717, 1.165) is 42.7 Å². The Morgan fingerprint density at radius 3 is 2.44 bits per heavy atom. The number of piperidine rings is 1. The molecule has 3 aromatic rings. The zero-order chi connectivity index (χ0) is 35.8. The molecule has 12 heteroatoms. The van der Waals surface area contributed by atoms with E-state index in [4.69, 9.17) is 14.2 Å². The van der Waals surface area contributed by atoms with Crippen molar-refractivity contribution < 1.29 is 28.2 Å². The third-order valence-corrected chi connectivity index (χ3v) is 9.57. The summed E-state index contributed by atoms with van der Waals surface area (Å²) in [6.45, 7) is 16.2. The Labute approximate surface area is 294 Å². The number of hydrogen-bond donors (Lipinski definition) is 0. The lowest BCUT2D eigenvalue weighted by atomic mass is 9.67. The highest BCUT2D eigenvalue weighted by Gasteiger charge is 2.43. The number of aromatic nitrogens is 3. The molecule has 0 bridgehead atoms. The number of halogens is 1. The van der Waals surface area contributed by atoms with Crippen molar-refractivity contribution in [1.29, 1.82) is 0 Å². The second kappa shape index (κ2) is 14.0. The molecule has 0 unspecified atom stereocenters. The molecule has 2 aromatic heterocycles. The van der Waals surface area contributed by atoms with Crippen LogP contribution in [0.4, 0.5) is 15.0 Å². The van der Waals surface area contributed by atoms with Gasteiger partial charge in [0.15, 0.2) is 11.6 Å². The zero-order valence-corrected chi connectivity index (χ0v) is 30.2. The summed E-state index contributed by atoms with van der Waals surface area (Å²) in [7, 11) is 0. The second-order valence-corrected chi connectivity index (χ2v) is 15.7. The number of anilines is 1. The molecule has 2 aliphatic heterocycles. The first-order chi connectivity index (χ1) is 23.7. The lowest BCUT2D eigenvalue weighted by Crippen LogP contribution is -2.53. The van der Waals surface area contributed by atoms with E-state index in [1.165, 1.54) is 24.5 Å². The van der Waals surface area contributed by atoms with Crippen LogP contribution in [0.25, 0.3) is 0 Å². The van der Waals surface area contributed by atoms with Gasteiger partial charge in [0.1, 0.15) is 35.3 Å². The lowest BCUT2D eigenvalue weighted by molar-refractivity contribution is 0.0100. The molecule has 6 rings (SSSR count). The summed E-state index contributed by atoms with van der Waals surface area (Å²) in [6, 6.07) is 5.97. The maximum atomic E-state index is 14.6. The molecule has 1 aliphatic carbocycles. The molecule has 4 heterocycles. The summed E-state index contributed by atoms with van der Waals surface area (Å²) in [5.74, 6) is 1.23. The molecule has 2 amide bonds. The first-order valence-corrected chi connectivity index (χ1v) is 17.6. The van der Waals surface area contributed by atoms with Crippen LogP contribution in [0.15, 0.2) is 43.0 Å². The summed E-state index contributed by atoms with van der Waals surface area (Å²) in [5.41, 5.74) is 1.63. The highest BCUT2D eigenvalue weighted by molar-refractivity contribution is 5.97. The SMILES string of the molecule is CC(C)N(C(=O)c1cc(F)ccc1Oc1cncnc1N1CCC(Oc2ccnc3c2CN(C(=O)OC(C)(C)C)CC3)CC1)C1CC(C)(C)C1. The van der Waals surface area contributed by atoms with Crippen molar-refractivity contribution in [3.63, 3.8) is 0 Å². The molecular weight excluding hydrogens is 639 g/mol. The van der Waals surface area contributed by atoms with E-state index in [-0.39, 0.29) is 46.9 Å². The van der Waals surface area contributed by atoms with Gasteiger partial charge in [-0.2, -0.15) is 0 Å².